The fourth-order valence-electron chi connectivity index (χ4n) is 1.01. The molecule has 66 valence electrons. The average Bonchev–Trinajstić information content (AvgIpc) is 2.53. The summed E-state index contributed by atoms with van der Waals surface area (Å²) in [6.07, 6.45) is 1.66. The van der Waals surface area contributed by atoms with Gasteiger partial charge in [-0.3, -0.25) is 0 Å². The second kappa shape index (κ2) is 3.79. The summed E-state index contributed by atoms with van der Waals surface area (Å²) < 4.78 is 6.84. The van der Waals surface area contributed by atoms with Gasteiger partial charge in [-0.2, -0.15) is 0 Å². The second-order valence-corrected chi connectivity index (χ2v) is 4.33. The van der Waals surface area contributed by atoms with Gasteiger partial charge in [0.25, 0.3) is 3.90 Å². The van der Waals surface area contributed by atoms with Crippen LogP contribution in [0.1, 0.15) is 0 Å². The van der Waals surface area contributed by atoms with Gasteiger partial charge in [-0.25, -0.2) is 4.98 Å². The van der Waals surface area contributed by atoms with E-state index in [0.717, 1.165) is 15.7 Å². The highest BCUT2D eigenvalue weighted by molar-refractivity contribution is 14.1. The molecule has 1 heterocycles. The topological polar surface area (TPSA) is 26.0 Å². The zero-order chi connectivity index (χ0) is 9.26. The van der Waals surface area contributed by atoms with Gasteiger partial charge in [0, 0.05) is 32.6 Å². The summed E-state index contributed by atoms with van der Waals surface area (Å²) in [5, 5.41) is 0. The molecule has 0 aliphatic rings. The van der Waals surface area contributed by atoms with E-state index in [2.05, 4.69) is 20.9 Å². The van der Waals surface area contributed by atoms with Gasteiger partial charge >= 0.3 is 0 Å². The van der Waals surface area contributed by atoms with Crippen LogP contribution in [0.4, 0.5) is 0 Å². The summed E-state index contributed by atoms with van der Waals surface area (Å²) in [6.45, 7) is 0. The van der Waals surface area contributed by atoms with Crippen molar-refractivity contribution < 1.29 is 4.42 Å². The van der Waals surface area contributed by atoms with Crippen molar-refractivity contribution in [1.82, 2.24) is 4.98 Å². The van der Waals surface area contributed by atoms with Crippen LogP contribution in [0.2, 0.25) is 0 Å². The Morgan fingerprint density at radius 2 is 1.92 bits per heavy atom. The van der Waals surface area contributed by atoms with Crippen LogP contribution in [0.3, 0.4) is 0 Å². The van der Waals surface area contributed by atoms with E-state index in [0.29, 0.717) is 3.90 Å². The lowest BCUT2D eigenvalue weighted by atomic mass is 10.2. The molecule has 1 aromatic carbocycles. The lowest BCUT2D eigenvalue weighted by Gasteiger charge is -1.94. The zero-order valence-electron chi connectivity index (χ0n) is 6.50. The maximum atomic E-state index is 5.11. The van der Waals surface area contributed by atoms with E-state index in [1.807, 2.05) is 46.9 Å². The Kier molecular flexibility index (Phi) is 2.69. The number of nitrogens with zero attached hydrogens (tertiary/aromatic N) is 1. The molecule has 0 spiro atoms. The first-order valence-electron chi connectivity index (χ1n) is 3.63. The van der Waals surface area contributed by atoms with Crippen LogP contribution < -0.4 is 0 Å². The molecule has 0 bridgehead atoms. The number of hydrogen-bond donors (Lipinski definition) is 0. The third kappa shape index (κ3) is 2.11. The van der Waals surface area contributed by atoms with E-state index in [-0.39, 0.29) is 0 Å². The zero-order valence-corrected chi connectivity index (χ0v) is 10.2. The third-order valence-corrected chi connectivity index (χ3v) is 2.64. The minimum Gasteiger partial charge on any atom is -0.440 e. The number of benzene rings is 1. The maximum absolute atomic E-state index is 5.11. The molecule has 0 amide bonds. The van der Waals surface area contributed by atoms with Crippen LogP contribution in [0.25, 0.3) is 11.3 Å². The fourth-order valence-corrected chi connectivity index (χ4v) is 1.66. The summed E-state index contributed by atoms with van der Waals surface area (Å²) in [7, 11) is 0. The molecule has 2 aromatic rings. The minimum absolute atomic E-state index is 0.663. The Labute approximate surface area is 97.6 Å². The van der Waals surface area contributed by atoms with Crippen LogP contribution in [0, 0.1) is 3.90 Å². The highest BCUT2D eigenvalue weighted by atomic mass is 127. The highest BCUT2D eigenvalue weighted by Gasteiger charge is 2.02. The number of rotatable bonds is 1. The largest absolute Gasteiger partial charge is 0.440 e. The van der Waals surface area contributed by atoms with E-state index in [1.165, 1.54) is 0 Å². The molecule has 0 atom stereocenters. The van der Waals surface area contributed by atoms with Crippen LogP contribution in [0.15, 0.2) is 39.4 Å². The molecule has 0 aliphatic heterocycles. The Hall–Kier alpha value is -0.360. The number of aromatic nitrogens is 1. The van der Waals surface area contributed by atoms with Crippen LogP contribution in [0.5, 0.6) is 0 Å². The lowest BCUT2D eigenvalue weighted by Crippen LogP contribution is -1.76. The smallest absolute Gasteiger partial charge is 0.257 e. The Morgan fingerprint density at radius 3 is 2.46 bits per heavy atom. The van der Waals surface area contributed by atoms with Gasteiger partial charge in [0.15, 0.2) is 0 Å². The number of halogens is 2. The van der Waals surface area contributed by atoms with Crippen LogP contribution in [-0.2, 0) is 0 Å². The van der Waals surface area contributed by atoms with Crippen molar-refractivity contribution in [1.29, 1.82) is 0 Å². The first kappa shape index (κ1) is 9.21. The van der Waals surface area contributed by atoms with E-state index in [1.54, 1.807) is 6.26 Å². The van der Waals surface area contributed by atoms with Crippen molar-refractivity contribution in [2.75, 3.05) is 0 Å². The SMILES string of the molecule is Brc1ccc(-c2coc(I)n2)cc1. The molecular weight excluding hydrogens is 345 g/mol. The molecule has 0 fully saturated rings. The predicted octanol–water partition coefficient (Wildman–Crippen LogP) is 3.71. The first-order valence-corrected chi connectivity index (χ1v) is 5.50. The molecule has 0 saturated heterocycles. The summed E-state index contributed by atoms with van der Waals surface area (Å²) in [5.74, 6) is 0. The van der Waals surface area contributed by atoms with Gasteiger partial charge in [0.05, 0.1) is 0 Å². The molecule has 0 radical (unpaired) electrons. The van der Waals surface area contributed by atoms with Crippen LogP contribution >= 0.6 is 38.5 Å². The Balaban J connectivity index is 2.41. The van der Waals surface area contributed by atoms with Gasteiger partial charge in [-0.15, -0.1) is 0 Å². The van der Waals surface area contributed by atoms with Crippen molar-refractivity contribution in [2.24, 2.45) is 0 Å². The first-order chi connectivity index (χ1) is 6.25. The molecule has 0 saturated carbocycles. The molecule has 0 N–H and O–H groups in total. The second-order valence-electron chi connectivity index (χ2n) is 2.49. The molecular formula is C9H5BrINO. The summed E-state index contributed by atoms with van der Waals surface area (Å²) in [6, 6.07) is 7.96. The normalized spacial score (nSPS) is 10.3. The van der Waals surface area contributed by atoms with Gasteiger partial charge in [0.2, 0.25) is 0 Å². The van der Waals surface area contributed by atoms with Crippen molar-refractivity contribution in [3.63, 3.8) is 0 Å². The quantitative estimate of drug-likeness (QED) is 0.733. The standard InChI is InChI=1S/C9H5BrINO/c10-7-3-1-6(2-4-7)8-5-13-9(11)12-8/h1-5H. The monoisotopic (exact) mass is 349 g/mol. The summed E-state index contributed by atoms with van der Waals surface area (Å²) in [5.41, 5.74) is 1.94. The molecule has 13 heavy (non-hydrogen) atoms. The van der Waals surface area contributed by atoms with Gasteiger partial charge in [-0.05, 0) is 12.1 Å². The average molecular weight is 350 g/mol. The third-order valence-electron chi connectivity index (χ3n) is 1.62. The van der Waals surface area contributed by atoms with E-state index < -0.39 is 0 Å². The van der Waals surface area contributed by atoms with E-state index >= 15 is 0 Å². The molecule has 2 nitrogen and oxygen atoms in total. The maximum Gasteiger partial charge on any atom is 0.257 e. The van der Waals surface area contributed by atoms with Crippen molar-refractivity contribution in [3.05, 3.63) is 38.9 Å². The summed E-state index contributed by atoms with van der Waals surface area (Å²) in [4.78, 5) is 4.22. The molecule has 0 unspecified atom stereocenters. The lowest BCUT2D eigenvalue weighted by molar-refractivity contribution is 0.525. The number of hydrogen-bond acceptors (Lipinski definition) is 2. The highest BCUT2D eigenvalue weighted by Crippen LogP contribution is 2.21. The molecule has 1 aromatic heterocycles. The van der Waals surface area contributed by atoms with Crippen LogP contribution in [-0.4, -0.2) is 4.98 Å². The molecule has 4 heteroatoms. The van der Waals surface area contributed by atoms with Gasteiger partial charge in [0.1, 0.15) is 12.0 Å². The van der Waals surface area contributed by atoms with E-state index in [4.69, 9.17) is 4.42 Å². The molecule has 2 rings (SSSR count). The molecule has 0 aliphatic carbocycles. The minimum atomic E-state index is 0.663. The van der Waals surface area contributed by atoms with Crippen molar-refractivity contribution >= 4 is 38.5 Å². The van der Waals surface area contributed by atoms with Gasteiger partial charge in [-0.1, -0.05) is 28.1 Å². The Morgan fingerprint density at radius 1 is 1.23 bits per heavy atom. The Bertz CT molecular complexity index is 410. The van der Waals surface area contributed by atoms with E-state index in [9.17, 15) is 0 Å². The predicted molar refractivity (Wildman–Crippen MR) is 62.4 cm³/mol. The van der Waals surface area contributed by atoms with Gasteiger partial charge < -0.3 is 4.42 Å². The summed E-state index contributed by atoms with van der Waals surface area (Å²) >= 11 is 5.42. The number of oxazole rings is 1. The van der Waals surface area contributed by atoms with Crippen molar-refractivity contribution in [3.8, 4) is 11.3 Å². The van der Waals surface area contributed by atoms with Crippen molar-refractivity contribution in [2.45, 2.75) is 0 Å². The fraction of sp³-hybridized carbons (Fsp3) is 0.